The first-order valence-electron chi connectivity index (χ1n) is 5.83. The van der Waals surface area contributed by atoms with Gasteiger partial charge in [-0.1, -0.05) is 13.0 Å². The van der Waals surface area contributed by atoms with Gasteiger partial charge in [0, 0.05) is 18.8 Å². The van der Waals surface area contributed by atoms with Crippen LogP contribution in [-0.4, -0.2) is 25.8 Å². The Hall–Kier alpha value is -1.07. The summed E-state index contributed by atoms with van der Waals surface area (Å²) in [7, 11) is -1.74. The van der Waals surface area contributed by atoms with Crippen LogP contribution in [0, 0.1) is 0 Å². The smallest absolute Gasteiger partial charge is 0.243 e. The van der Waals surface area contributed by atoms with E-state index in [9.17, 15) is 8.42 Å². The van der Waals surface area contributed by atoms with E-state index in [1.165, 1.54) is 4.31 Å². The number of nitrogens with two attached hydrogens (primary N) is 1. The summed E-state index contributed by atoms with van der Waals surface area (Å²) >= 11 is 0. The first-order chi connectivity index (χ1) is 7.96. The lowest BCUT2D eigenvalue weighted by atomic mass is 10.1. The Kier molecular flexibility index (Phi) is 3.14. The summed E-state index contributed by atoms with van der Waals surface area (Å²) in [5.74, 6) is 0. The number of aryl methyl sites for hydroxylation is 1. The van der Waals surface area contributed by atoms with Crippen molar-refractivity contribution in [2.24, 2.45) is 0 Å². The molecule has 1 aromatic carbocycles. The number of benzene rings is 1. The van der Waals surface area contributed by atoms with E-state index < -0.39 is 10.0 Å². The van der Waals surface area contributed by atoms with Gasteiger partial charge in [0.2, 0.25) is 10.0 Å². The topological polar surface area (TPSA) is 63.4 Å². The molecule has 1 aliphatic carbocycles. The second-order valence-corrected chi connectivity index (χ2v) is 6.44. The van der Waals surface area contributed by atoms with E-state index >= 15 is 0 Å². The summed E-state index contributed by atoms with van der Waals surface area (Å²) in [6.07, 6.45) is 2.60. The average Bonchev–Trinajstić information content (AvgIpc) is 3.11. The van der Waals surface area contributed by atoms with Crippen LogP contribution in [0.3, 0.4) is 0 Å². The molecule has 1 saturated carbocycles. The second-order valence-electron chi connectivity index (χ2n) is 4.47. The monoisotopic (exact) mass is 254 g/mol. The molecule has 1 fully saturated rings. The molecule has 0 radical (unpaired) electrons. The molecule has 2 rings (SSSR count). The van der Waals surface area contributed by atoms with Gasteiger partial charge in [0.1, 0.15) is 0 Å². The van der Waals surface area contributed by atoms with Crippen LogP contribution < -0.4 is 5.73 Å². The molecule has 0 unspecified atom stereocenters. The molecule has 0 heterocycles. The second kappa shape index (κ2) is 4.31. The zero-order chi connectivity index (χ0) is 12.6. The fourth-order valence-electron chi connectivity index (χ4n) is 1.89. The van der Waals surface area contributed by atoms with Gasteiger partial charge in [-0.2, -0.15) is 4.31 Å². The molecule has 17 heavy (non-hydrogen) atoms. The molecule has 94 valence electrons. The summed E-state index contributed by atoms with van der Waals surface area (Å²) in [5.41, 5.74) is 7.00. The number of anilines is 1. The van der Waals surface area contributed by atoms with Crippen LogP contribution in [0.15, 0.2) is 23.1 Å². The third-order valence-corrected chi connectivity index (χ3v) is 5.18. The number of hydrogen-bond donors (Lipinski definition) is 1. The summed E-state index contributed by atoms with van der Waals surface area (Å²) in [4.78, 5) is 0.356. The Bertz CT molecular complexity index is 521. The minimum Gasteiger partial charge on any atom is -0.399 e. The molecule has 4 nitrogen and oxygen atoms in total. The van der Waals surface area contributed by atoms with Crippen molar-refractivity contribution >= 4 is 15.7 Å². The fourth-order valence-corrected chi connectivity index (χ4v) is 3.64. The molecule has 0 atom stereocenters. The van der Waals surface area contributed by atoms with Crippen molar-refractivity contribution in [3.8, 4) is 0 Å². The highest BCUT2D eigenvalue weighted by atomic mass is 32.2. The maximum Gasteiger partial charge on any atom is 0.243 e. The third-order valence-electron chi connectivity index (χ3n) is 3.19. The quantitative estimate of drug-likeness (QED) is 0.830. The summed E-state index contributed by atoms with van der Waals surface area (Å²) in [5, 5.41) is 0. The van der Waals surface area contributed by atoms with Crippen LogP contribution in [-0.2, 0) is 16.4 Å². The van der Waals surface area contributed by atoms with E-state index in [0.29, 0.717) is 17.0 Å². The lowest BCUT2D eigenvalue weighted by Gasteiger charge is -2.18. The lowest BCUT2D eigenvalue weighted by Crippen LogP contribution is -2.29. The zero-order valence-electron chi connectivity index (χ0n) is 10.2. The first-order valence-corrected chi connectivity index (χ1v) is 7.27. The average molecular weight is 254 g/mol. The summed E-state index contributed by atoms with van der Waals surface area (Å²) in [6, 6.07) is 5.27. The van der Waals surface area contributed by atoms with E-state index in [4.69, 9.17) is 5.73 Å². The highest BCUT2D eigenvalue weighted by Crippen LogP contribution is 2.32. The largest absolute Gasteiger partial charge is 0.399 e. The van der Waals surface area contributed by atoms with Crippen LogP contribution in [0.1, 0.15) is 25.3 Å². The van der Waals surface area contributed by atoms with Gasteiger partial charge in [-0.3, -0.25) is 0 Å². The van der Waals surface area contributed by atoms with Crippen molar-refractivity contribution in [2.45, 2.75) is 37.1 Å². The Balaban J connectivity index is 2.47. The van der Waals surface area contributed by atoms with E-state index in [2.05, 4.69) is 0 Å². The molecule has 1 aromatic rings. The van der Waals surface area contributed by atoms with Crippen molar-refractivity contribution < 1.29 is 8.42 Å². The number of hydrogen-bond acceptors (Lipinski definition) is 3. The Morgan fingerprint density at radius 1 is 1.41 bits per heavy atom. The third kappa shape index (κ3) is 2.30. The van der Waals surface area contributed by atoms with E-state index in [1.54, 1.807) is 25.2 Å². The number of nitrogen functional groups attached to an aromatic ring is 1. The van der Waals surface area contributed by atoms with Crippen molar-refractivity contribution in [3.05, 3.63) is 23.8 Å². The molecule has 0 bridgehead atoms. The maximum absolute atomic E-state index is 12.4. The van der Waals surface area contributed by atoms with Gasteiger partial charge in [0.25, 0.3) is 0 Å². The molecule has 0 amide bonds. The maximum atomic E-state index is 12.4. The van der Waals surface area contributed by atoms with Gasteiger partial charge >= 0.3 is 0 Å². The SMILES string of the molecule is CCc1ccc(N)cc1S(=O)(=O)N(C)C1CC1. The van der Waals surface area contributed by atoms with Gasteiger partial charge in [-0.05, 0) is 37.0 Å². The molecule has 2 N–H and O–H groups in total. The predicted molar refractivity (Wildman–Crippen MR) is 68.2 cm³/mol. The molecule has 5 heteroatoms. The predicted octanol–water partition coefficient (Wildman–Crippen LogP) is 1.61. The molecular formula is C12H18N2O2S. The van der Waals surface area contributed by atoms with Crippen molar-refractivity contribution in [1.29, 1.82) is 0 Å². The van der Waals surface area contributed by atoms with Crippen LogP contribution in [0.2, 0.25) is 0 Å². The minimum absolute atomic E-state index is 0.172. The van der Waals surface area contributed by atoms with Gasteiger partial charge in [0.15, 0.2) is 0 Å². The Labute approximate surface area is 102 Å². The van der Waals surface area contributed by atoms with E-state index in [1.807, 2.05) is 6.92 Å². The lowest BCUT2D eigenvalue weighted by molar-refractivity contribution is 0.463. The van der Waals surface area contributed by atoms with Crippen molar-refractivity contribution in [2.75, 3.05) is 12.8 Å². The van der Waals surface area contributed by atoms with Crippen LogP contribution in [0.5, 0.6) is 0 Å². The fraction of sp³-hybridized carbons (Fsp3) is 0.500. The molecular weight excluding hydrogens is 236 g/mol. The van der Waals surface area contributed by atoms with Crippen LogP contribution in [0.25, 0.3) is 0 Å². The minimum atomic E-state index is -3.39. The van der Waals surface area contributed by atoms with Gasteiger partial charge in [0.05, 0.1) is 4.90 Å². The standard InChI is InChI=1S/C12H18N2O2S/c1-3-9-4-5-10(13)8-12(9)17(15,16)14(2)11-6-7-11/h4-5,8,11H,3,6-7,13H2,1-2H3. The van der Waals surface area contributed by atoms with E-state index in [-0.39, 0.29) is 6.04 Å². The molecule has 0 aromatic heterocycles. The Morgan fingerprint density at radius 3 is 2.59 bits per heavy atom. The molecule has 1 aliphatic rings. The highest BCUT2D eigenvalue weighted by molar-refractivity contribution is 7.89. The van der Waals surface area contributed by atoms with Crippen LogP contribution >= 0.6 is 0 Å². The molecule has 0 aliphatic heterocycles. The van der Waals surface area contributed by atoms with Gasteiger partial charge in [-0.15, -0.1) is 0 Å². The molecule has 0 saturated heterocycles. The summed E-state index contributed by atoms with van der Waals surface area (Å²) in [6.45, 7) is 1.95. The van der Waals surface area contributed by atoms with Crippen LogP contribution in [0.4, 0.5) is 5.69 Å². The number of sulfonamides is 1. The normalized spacial score (nSPS) is 16.4. The van der Waals surface area contributed by atoms with Gasteiger partial charge < -0.3 is 5.73 Å². The highest BCUT2D eigenvalue weighted by Gasteiger charge is 2.35. The van der Waals surface area contributed by atoms with Crippen molar-refractivity contribution in [3.63, 3.8) is 0 Å². The molecule has 0 spiro atoms. The Morgan fingerprint density at radius 2 is 2.06 bits per heavy atom. The van der Waals surface area contributed by atoms with Gasteiger partial charge in [-0.25, -0.2) is 8.42 Å². The number of nitrogens with zero attached hydrogens (tertiary/aromatic N) is 1. The summed E-state index contributed by atoms with van der Waals surface area (Å²) < 4.78 is 26.3. The first kappa shape index (κ1) is 12.4. The number of rotatable bonds is 4. The van der Waals surface area contributed by atoms with Crippen molar-refractivity contribution in [1.82, 2.24) is 4.31 Å². The van der Waals surface area contributed by atoms with E-state index in [0.717, 1.165) is 18.4 Å². The zero-order valence-corrected chi connectivity index (χ0v) is 11.0.